The van der Waals surface area contributed by atoms with Gasteiger partial charge in [0, 0.05) is 18.7 Å². The van der Waals surface area contributed by atoms with Gasteiger partial charge in [0.15, 0.2) is 0 Å². The van der Waals surface area contributed by atoms with Gasteiger partial charge in [-0.15, -0.1) is 0 Å². The van der Waals surface area contributed by atoms with Crippen LogP contribution in [0.25, 0.3) is 0 Å². The molecule has 0 saturated heterocycles. The van der Waals surface area contributed by atoms with Gasteiger partial charge in [-0.25, -0.2) is 26.7 Å². The first-order valence-corrected chi connectivity index (χ1v) is 8.06. The van der Waals surface area contributed by atoms with Crippen LogP contribution in [0.1, 0.15) is 0 Å². The number of non-ortho nitro benzene ring substituents is 1. The highest BCUT2D eigenvalue weighted by Crippen LogP contribution is 2.16. The molecule has 0 aliphatic heterocycles. The van der Waals surface area contributed by atoms with E-state index in [2.05, 4.69) is 0 Å². The summed E-state index contributed by atoms with van der Waals surface area (Å²) in [4.78, 5) is 9.46. The van der Waals surface area contributed by atoms with E-state index in [1.807, 2.05) is 4.72 Å². The third-order valence-electron chi connectivity index (χ3n) is 2.02. The number of nitrogens with two attached hydrogens (primary N) is 1. The summed E-state index contributed by atoms with van der Waals surface area (Å²) >= 11 is 0. The smallest absolute Gasteiger partial charge is 0.258 e. The van der Waals surface area contributed by atoms with Gasteiger partial charge in [-0.3, -0.25) is 10.1 Å². The second kappa shape index (κ2) is 5.61. The Labute approximate surface area is 109 Å². The van der Waals surface area contributed by atoms with Crippen LogP contribution >= 0.6 is 0 Å². The number of rotatable bonds is 6. The lowest BCUT2D eigenvalue weighted by molar-refractivity contribution is -0.385. The van der Waals surface area contributed by atoms with Gasteiger partial charge in [0.2, 0.25) is 20.0 Å². The van der Waals surface area contributed by atoms with Gasteiger partial charge in [0.1, 0.15) is 0 Å². The summed E-state index contributed by atoms with van der Waals surface area (Å²) in [6.45, 7) is -0.413. The van der Waals surface area contributed by atoms with Crippen molar-refractivity contribution in [2.24, 2.45) is 5.14 Å². The highest BCUT2D eigenvalue weighted by Gasteiger charge is 2.17. The predicted molar refractivity (Wildman–Crippen MR) is 66.3 cm³/mol. The van der Waals surface area contributed by atoms with Crippen LogP contribution in [0, 0.1) is 10.1 Å². The first-order valence-electron chi connectivity index (χ1n) is 4.86. The molecule has 1 aromatic rings. The number of nitrogens with zero attached hydrogens (tertiary/aromatic N) is 1. The summed E-state index contributed by atoms with van der Waals surface area (Å²) < 4.78 is 46.7. The zero-order chi connectivity index (χ0) is 14.7. The Balaban J connectivity index is 2.89. The number of nitrogens with one attached hydrogen (secondary N) is 1. The summed E-state index contributed by atoms with van der Waals surface area (Å²) in [5.41, 5.74) is -0.380. The molecule has 0 aliphatic carbocycles. The number of hydrogen-bond acceptors (Lipinski definition) is 6. The van der Waals surface area contributed by atoms with Crippen molar-refractivity contribution < 1.29 is 21.8 Å². The van der Waals surface area contributed by atoms with Crippen molar-refractivity contribution in [2.75, 3.05) is 12.3 Å². The largest absolute Gasteiger partial charge is 0.270 e. The van der Waals surface area contributed by atoms with Crippen LogP contribution in [-0.4, -0.2) is 34.1 Å². The third-order valence-corrected chi connectivity index (χ3v) is 4.25. The molecule has 106 valence electrons. The molecule has 0 heterocycles. The molecular formula is C8H11N3O6S2. The van der Waals surface area contributed by atoms with Crippen molar-refractivity contribution >= 4 is 25.7 Å². The molecule has 0 fully saturated rings. The SMILES string of the molecule is NS(=O)(=O)CCNS(=O)(=O)c1cccc([N+](=O)[O-])c1. The van der Waals surface area contributed by atoms with Crippen LogP contribution in [0.3, 0.4) is 0 Å². The molecule has 0 spiro atoms. The first-order chi connectivity index (χ1) is 8.62. The molecule has 1 aromatic carbocycles. The average molecular weight is 309 g/mol. The maximum Gasteiger partial charge on any atom is 0.270 e. The topological polar surface area (TPSA) is 149 Å². The monoisotopic (exact) mass is 309 g/mol. The van der Waals surface area contributed by atoms with Gasteiger partial charge in [-0.2, -0.15) is 0 Å². The van der Waals surface area contributed by atoms with E-state index >= 15 is 0 Å². The van der Waals surface area contributed by atoms with E-state index in [4.69, 9.17) is 5.14 Å². The normalized spacial score (nSPS) is 12.3. The van der Waals surface area contributed by atoms with E-state index in [9.17, 15) is 26.9 Å². The highest BCUT2D eigenvalue weighted by atomic mass is 32.2. The molecule has 0 saturated carbocycles. The molecule has 19 heavy (non-hydrogen) atoms. The van der Waals surface area contributed by atoms with E-state index in [1.54, 1.807) is 0 Å². The molecule has 0 unspecified atom stereocenters. The molecule has 1 rings (SSSR count). The zero-order valence-electron chi connectivity index (χ0n) is 9.51. The van der Waals surface area contributed by atoms with Crippen LogP contribution < -0.4 is 9.86 Å². The van der Waals surface area contributed by atoms with Crippen molar-refractivity contribution in [3.05, 3.63) is 34.4 Å². The van der Waals surface area contributed by atoms with Gasteiger partial charge in [-0.05, 0) is 6.07 Å². The minimum absolute atomic E-state index is 0.323. The number of primary sulfonamides is 1. The van der Waals surface area contributed by atoms with Crippen molar-refractivity contribution in [2.45, 2.75) is 4.90 Å². The number of sulfonamides is 2. The standard InChI is InChI=1S/C8H11N3O6S2/c9-18(14,15)5-4-10-19(16,17)8-3-1-2-7(6-8)11(12)13/h1-3,6,10H,4-5H2,(H2,9,14,15). The van der Waals surface area contributed by atoms with E-state index < -0.39 is 37.3 Å². The maximum absolute atomic E-state index is 11.7. The summed E-state index contributed by atoms with van der Waals surface area (Å²) in [6, 6.07) is 4.39. The number of nitro benzene ring substituents is 1. The molecule has 0 aliphatic rings. The zero-order valence-corrected chi connectivity index (χ0v) is 11.1. The average Bonchev–Trinajstić information content (AvgIpc) is 2.27. The van der Waals surface area contributed by atoms with Gasteiger partial charge in [-0.1, -0.05) is 6.07 Å². The van der Waals surface area contributed by atoms with Crippen molar-refractivity contribution in [1.29, 1.82) is 0 Å². The Morgan fingerprint density at radius 3 is 2.42 bits per heavy atom. The molecule has 0 bridgehead atoms. The Bertz CT molecular complexity index is 682. The second-order valence-corrected chi connectivity index (χ2v) is 7.02. The van der Waals surface area contributed by atoms with E-state index in [0.717, 1.165) is 18.2 Å². The van der Waals surface area contributed by atoms with E-state index in [-0.39, 0.29) is 10.6 Å². The molecule has 0 radical (unpaired) electrons. The van der Waals surface area contributed by atoms with Crippen molar-refractivity contribution in [3.8, 4) is 0 Å². The quantitative estimate of drug-likeness (QED) is 0.517. The number of hydrogen-bond donors (Lipinski definition) is 2. The van der Waals surface area contributed by atoms with Gasteiger partial charge < -0.3 is 0 Å². The van der Waals surface area contributed by atoms with Crippen molar-refractivity contribution in [1.82, 2.24) is 4.72 Å². The number of nitro groups is 1. The summed E-state index contributed by atoms with van der Waals surface area (Å²) in [5, 5.41) is 15.2. The second-order valence-electron chi connectivity index (χ2n) is 3.52. The van der Waals surface area contributed by atoms with Crippen LogP contribution in [0.15, 0.2) is 29.2 Å². The van der Waals surface area contributed by atoms with Crippen LogP contribution in [0.5, 0.6) is 0 Å². The molecule has 0 atom stereocenters. The lowest BCUT2D eigenvalue weighted by atomic mass is 10.3. The van der Waals surface area contributed by atoms with Gasteiger partial charge >= 0.3 is 0 Å². The van der Waals surface area contributed by atoms with Gasteiger partial charge in [0.05, 0.1) is 15.6 Å². The summed E-state index contributed by atoms with van der Waals surface area (Å²) in [6.07, 6.45) is 0. The summed E-state index contributed by atoms with van der Waals surface area (Å²) in [5.74, 6) is -0.568. The Morgan fingerprint density at radius 2 is 1.89 bits per heavy atom. The minimum Gasteiger partial charge on any atom is -0.258 e. The Morgan fingerprint density at radius 1 is 1.26 bits per heavy atom. The summed E-state index contributed by atoms with van der Waals surface area (Å²) in [7, 11) is -7.80. The molecule has 0 aromatic heterocycles. The third kappa shape index (κ3) is 4.90. The number of benzene rings is 1. The van der Waals surface area contributed by atoms with E-state index in [1.165, 1.54) is 6.07 Å². The molecular weight excluding hydrogens is 298 g/mol. The predicted octanol–water partition coefficient (Wildman–Crippen LogP) is -0.838. The fraction of sp³-hybridized carbons (Fsp3) is 0.250. The highest BCUT2D eigenvalue weighted by molar-refractivity contribution is 7.90. The molecule has 0 amide bonds. The van der Waals surface area contributed by atoms with Crippen LogP contribution in [-0.2, 0) is 20.0 Å². The lowest BCUT2D eigenvalue weighted by Crippen LogP contribution is -2.31. The fourth-order valence-electron chi connectivity index (χ4n) is 1.17. The Hall–Kier alpha value is -1.56. The lowest BCUT2D eigenvalue weighted by Gasteiger charge is -2.05. The molecule has 9 nitrogen and oxygen atoms in total. The first kappa shape index (κ1) is 15.5. The fourth-order valence-corrected chi connectivity index (χ4v) is 2.75. The molecule has 11 heteroatoms. The minimum atomic E-state index is -4.01. The molecule has 3 N–H and O–H groups in total. The maximum atomic E-state index is 11.7. The Kier molecular flexibility index (Phi) is 4.57. The van der Waals surface area contributed by atoms with Gasteiger partial charge in [0.25, 0.3) is 5.69 Å². The van der Waals surface area contributed by atoms with Crippen LogP contribution in [0.2, 0.25) is 0 Å². The van der Waals surface area contributed by atoms with Crippen LogP contribution in [0.4, 0.5) is 5.69 Å². The van der Waals surface area contributed by atoms with Crippen molar-refractivity contribution in [3.63, 3.8) is 0 Å². The van der Waals surface area contributed by atoms with E-state index in [0.29, 0.717) is 0 Å².